The first-order valence-electron chi connectivity index (χ1n) is 3.72. The molecule has 14 heavy (non-hydrogen) atoms. The molecule has 0 atom stereocenters. The Balaban J connectivity index is 2.55. The van der Waals surface area contributed by atoms with Crippen molar-refractivity contribution in [1.82, 2.24) is 19.5 Å². The molecule has 0 radical (unpaired) electrons. The van der Waals surface area contributed by atoms with Crippen LogP contribution in [0, 0.1) is 0 Å². The second-order valence-electron chi connectivity index (χ2n) is 2.61. The number of hydrogen-bond donors (Lipinski definition) is 1. The molecule has 0 aromatic carbocycles. The van der Waals surface area contributed by atoms with Gasteiger partial charge in [-0.25, -0.2) is 9.97 Å². The Morgan fingerprint density at radius 3 is 3.07 bits per heavy atom. The lowest BCUT2D eigenvalue weighted by Crippen LogP contribution is -2.08. The largest absolute Gasteiger partial charge is 0.480 e. The summed E-state index contributed by atoms with van der Waals surface area (Å²) < 4.78 is 1.39. The molecule has 0 aliphatic rings. The SMILES string of the molecule is O=C(O)Cn1cnc2cnc(Cl)nc21. The van der Waals surface area contributed by atoms with Crippen LogP contribution in [0.25, 0.3) is 11.2 Å². The van der Waals surface area contributed by atoms with Gasteiger partial charge in [-0.3, -0.25) is 4.79 Å². The molecule has 0 unspecified atom stereocenters. The van der Waals surface area contributed by atoms with Crippen LogP contribution in [-0.2, 0) is 11.3 Å². The average molecular weight is 213 g/mol. The molecular formula is C7H5ClN4O2. The molecule has 2 rings (SSSR count). The lowest BCUT2D eigenvalue weighted by atomic mass is 10.5. The summed E-state index contributed by atoms with van der Waals surface area (Å²) in [4.78, 5) is 22.0. The third kappa shape index (κ3) is 1.51. The van der Waals surface area contributed by atoms with E-state index in [1.807, 2.05) is 0 Å². The van der Waals surface area contributed by atoms with Crippen LogP contribution in [0.1, 0.15) is 0 Å². The Morgan fingerprint density at radius 1 is 1.57 bits per heavy atom. The fourth-order valence-electron chi connectivity index (χ4n) is 1.10. The van der Waals surface area contributed by atoms with Crippen molar-refractivity contribution in [2.45, 2.75) is 6.54 Å². The van der Waals surface area contributed by atoms with E-state index in [1.54, 1.807) is 0 Å². The molecule has 0 aliphatic carbocycles. The highest BCUT2D eigenvalue weighted by atomic mass is 35.5. The standard InChI is InChI=1S/C7H5ClN4O2/c8-7-9-1-4-6(11-7)12(3-10-4)2-5(13)14/h1,3H,2H2,(H,13,14). The van der Waals surface area contributed by atoms with Crippen molar-refractivity contribution in [2.24, 2.45) is 0 Å². The maximum absolute atomic E-state index is 10.5. The molecule has 2 heterocycles. The Kier molecular flexibility index (Phi) is 2.05. The maximum Gasteiger partial charge on any atom is 0.323 e. The number of imidazole rings is 1. The van der Waals surface area contributed by atoms with Crippen molar-refractivity contribution >= 4 is 28.7 Å². The molecule has 7 heteroatoms. The number of aliphatic carboxylic acids is 1. The smallest absolute Gasteiger partial charge is 0.323 e. The summed E-state index contributed by atoms with van der Waals surface area (Å²) in [5.41, 5.74) is 0.947. The number of carbonyl (C=O) groups is 1. The van der Waals surface area contributed by atoms with Crippen LogP contribution in [0.3, 0.4) is 0 Å². The minimum Gasteiger partial charge on any atom is -0.480 e. The van der Waals surface area contributed by atoms with Crippen LogP contribution in [0.2, 0.25) is 5.28 Å². The van der Waals surface area contributed by atoms with Gasteiger partial charge in [-0.2, -0.15) is 4.98 Å². The van der Waals surface area contributed by atoms with Gasteiger partial charge in [0.25, 0.3) is 0 Å². The number of carboxylic acids is 1. The number of carboxylic acid groups (broad SMARTS) is 1. The zero-order valence-corrected chi connectivity index (χ0v) is 7.64. The molecule has 0 saturated heterocycles. The minimum absolute atomic E-state index is 0.0737. The number of halogens is 1. The summed E-state index contributed by atoms with van der Waals surface area (Å²) in [5, 5.41) is 8.66. The van der Waals surface area contributed by atoms with Crippen molar-refractivity contribution in [3.05, 3.63) is 17.8 Å². The average Bonchev–Trinajstić information content (AvgIpc) is 2.47. The first-order chi connectivity index (χ1) is 6.66. The lowest BCUT2D eigenvalue weighted by molar-refractivity contribution is -0.137. The van der Waals surface area contributed by atoms with Crippen molar-refractivity contribution in [3.8, 4) is 0 Å². The molecule has 0 aliphatic heterocycles. The van der Waals surface area contributed by atoms with Gasteiger partial charge in [-0.1, -0.05) is 0 Å². The van der Waals surface area contributed by atoms with E-state index in [4.69, 9.17) is 16.7 Å². The Bertz CT molecular complexity index is 495. The van der Waals surface area contributed by atoms with Crippen molar-refractivity contribution in [1.29, 1.82) is 0 Å². The first-order valence-corrected chi connectivity index (χ1v) is 4.10. The predicted octanol–water partition coefficient (Wildman–Crippen LogP) is 0.564. The van der Waals surface area contributed by atoms with Crippen LogP contribution < -0.4 is 0 Å². The summed E-state index contributed by atoms with van der Waals surface area (Å²) in [6.45, 7) is -0.191. The van der Waals surface area contributed by atoms with E-state index in [2.05, 4.69) is 15.0 Å². The second kappa shape index (κ2) is 3.22. The van der Waals surface area contributed by atoms with E-state index in [1.165, 1.54) is 17.1 Å². The Morgan fingerprint density at radius 2 is 2.36 bits per heavy atom. The number of rotatable bonds is 2. The van der Waals surface area contributed by atoms with Gasteiger partial charge in [0.15, 0.2) is 5.65 Å². The molecule has 1 N–H and O–H groups in total. The zero-order valence-electron chi connectivity index (χ0n) is 6.88. The van der Waals surface area contributed by atoms with E-state index < -0.39 is 5.97 Å². The van der Waals surface area contributed by atoms with Crippen molar-refractivity contribution in [2.75, 3.05) is 0 Å². The Hall–Kier alpha value is -1.69. The van der Waals surface area contributed by atoms with Crippen LogP contribution >= 0.6 is 11.6 Å². The molecule has 72 valence electrons. The van der Waals surface area contributed by atoms with Crippen LogP contribution in [0.15, 0.2) is 12.5 Å². The molecule has 0 fully saturated rings. The Labute approximate surface area is 83.2 Å². The summed E-state index contributed by atoms with van der Waals surface area (Å²) in [6, 6.07) is 0. The van der Waals surface area contributed by atoms with Gasteiger partial charge in [0.2, 0.25) is 5.28 Å². The van der Waals surface area contributed by atoms with Crippen molar-refractivity contribution in [3.63, 3.8) is 0 Å². The fraction of sp³-hybridized carbons (Fsp3) is 0.143. The predicted molar refractivity (Wildman–Crippen MR) is 48.0 cm³/mol. The van der Waals surface area contributed by atoms with Crippen LogP contribution in [-0.4, -0.2) is 30.6 Å². The number of fused-ring (bicyclic) bond motifs is 1. The van der Waals surface area contributed by atoms with E-state index in [9.17, 15) is 4.79 Å². The topological polar surface area (TPSA) is 80.9 Å². The quantitative estimate of drug-likeness (QED) is 0.736. The molecule has 6 nitrogen and oxygen atoms in total. The van der Waals surface area contributed by atoms with Gasteiger partial charge in [-0.15, -0.1) is 0 Å². The third-order valence-electron chi connectivity index (χ3n) is 1.63. The number of aromatic nitrogens is 4. The maximum atomic E-state index is 10.5. The van der Waals surface area contributed by atoms with Gasteiger partial charge >= 0.3 is 5.97 Å². The zero-order chi connectivity index (χ0) is 10.1. The van der Waals surface area contributed by atoms with Gasteiger partial charge < -0.3 is 9.67 Å². The summed E-state index contributed by atoms with van der Waals surface area (Å²) >= 11 is 5.57. The number of nitrogens with zero attached hydrogens (tertiary/aromatic N) is 4. The molecule has 2 aromatic heterocycles. The van der Waals surface area contributed by atoms with Gasteiger partial charge in [-0.05, 0) is 11.6 Å². The highest BCUT2D eigenvalue weighted by molar-refractivity contribution is 6.28. The minimum atomic E-state index is -0.959. The van der Waals surface area contributed by atoms with E-state index >= 15 is 0 Å². The molecule has 0 amide bonds. The monoisotopic (exact) mass is 212 g/mol. The van der Waals surface area contributed by atoms with E-state index in [0.29, 0.717) is 11.2 Å². The lowest BCUT2D eigenvalue weighted by Gasteiger charge is -1.97. The molecule has 0 bridgehead atoms. The molecule has 0 spiro atoms. The summed E-state index contributed by atoms with van der Waals surface area (Å²) in [5.74, 6) is -0.959. The number of hydrogen-bond acceptors (Lipinski definition) is 4. The van der Waals surface area contributed by atoms with E-state index in [-0.39, 0.29) is 11.8 Å². The van der Waals surface area contributed by atoms with Gasteiger partial charge in [0.05, 0.1) is 12.5 Å². The third-order valence-corrected chi connectivity index (χ3v) is 1.82. The highest BCUT2D eigenvalue weighted by Gasteiger charge is 2.07. The fourth-order valence-corrected chi connectivity index (χ4v) is 1.22. The summed E-state index contributed by atoms with van der Waals surface area (Å²) in [7, 11) is 0. The van der Waals surface area contributed by atoms with Crippen molar-refractivity contribution < 1.29 is 9.90 Å². The second-order valence-corrected chi connectivity index (χ2v) is 2.95. The molecular weight excluding hydrogens is 208 g/mol. The van der Waals surface area contributed by atoms with E-state index in [0.717, 1.165) is 0 Å². The molecule has 2 aromatic rings. The van der Waals surface area contributed by atoms with Gasteiger partial charge in [0.1, 0.15) is 12.1 Å². The first kappa shape index (κ1) is 8.89. The van der Waals surface area contributed by atoms with Crippen LogP contribution in [0.4, 0.5) is 0 Å². The highest BCUT2D eigenvalue weighted by Crippen LogP contribution is 2.10. The summed E-state index contributed by atoms with van der Waals surface area (Å²) in [6.07, 6.45) is 2.84. The molecule has 0 saturated carbocycles. The van der Waals surface area contributed by atoms with Crippen LogP contribution in [0.5, 0.6) is 0 Å². The van der Waals surface area contributed by atoms with Gasteiger partial charge in [0, 0.05) is 0 Å². The normalized spacial score (nSPS) is 10.6.